The van der Waals surface area contributed by atoms with E-state index in [2.05, 4.69) is 22.1 Å². The van der Waals surface area contributed by atoms with E-state index < -0.39 is 0 Å². The maximum atomic E-state index is 12.7. The first-order chi connectivity index (χ1) is 12.5. The van der Waals surface area contributed by atoms with Crippen LogP contribution in [0.5, 0.6) is 0 Å². The van der Waals surface area contributed by atoms with Gasteiger partial charge in [0.25, 0.3) is 0 Å². The lowest BCUT2D eigenvalue weighted by atomic mass is 9.96. The van der Waals surface area contributed by atoms with E-state index in [0.717, 1.165) is 35.2 Å². The van der Waals surface area contributed by atoms with E-state index >= 15 is 0 Å². The number of hydrogen-bond acceptors (Lipinski definition) is 5. The van der Waals surface area contributed by atoms with Gasteiger partial charge in [-0.3, -0.25) is 9.59 Å². The van der Waals surface area contributed by atoms with Gasteiger partial charge in [0, 0.05) is 43.2 Å². The molecule has 4 rings (SSSR count). The summed E-state index contributed by atoms with van der Waals surface area (Å²) in [6.45, 7) is 7.02. The van der Waals surface area contributed by atoms with Crippen molar-refractivity contribution in [2.45, 2.75) is 26.2 Å². The number of rotatable bonds is 3. The molecular weight excluding hydrogens is 348 g/mol. The van der Waals surface area contributed by atoms with E-state index in [1.165, 1.54) is 4.88 Å². The molecule has 1 aromatic heterocycles. The molecule has 2 aliphatic rings. The lowest BCUT2D eigenvalue weighted by Gasteiger charge is -2.35. The molecule has 0 bridgehead atoms. The van der Waals surface area contributed by atoms with Crippen molar-refractivity contribution < 1.29 is 9.59 Å². The van der Waals surface area contributed by atoms with Gasteiger partial charge in [-0.2, -0.15) is 0 Å². The molecular formula is C19H22N4O2S. The summed E-state index contributed by atoms with van der Waals surface area (Å²) in [6, 6.07) is 7.61. The Hall–Kier alpha value is -2.41. The third-order valence-electron chi connectivity index (χ3n) is 5.21. The number of piperazine rings is 1. The zero-order chi connectivity index (χ0) is 18.3. The van der Waals surface area contributed by atoms with Crippen molar-refractivity contribution in [1.82, 2.24) is 9.88 Å². The number of fused-ring (bicyclic) bond motifs is 1. The highest BCUT2D eigenvalue weighted by molar-refractivity contribution is 7.15. The number of hydrogen-bond donors (Lipinski definition) is 1. The average molecular weight is 370 g/mol. The maximum Gasteiger partial charge on any atom is 0.232 e. The molecule has 2 amide bonds. The van der Waals surface area contributed by atoms with Crippen LogP contribution < -0.4 is 10.2 Å². The van der Waals surface area contributed by atoms with Crippen LogP contribution in [-0.4, -0.2) is 47.9 Å². The maximum absolute atomic E-state index is 12.7. The molecule has 3 heterocycles. The Morgan fingerprint density at radius 1 is 1.23 bits per heavy atom. The van der Waals surface area contributed by atoms with Gasteiger partial charge in [-0.05, 0) is 25.5 Å². The van der Waals surface area contributed by atoms with Crippen molar-refractivity contribution >= 4 is 34.0 Å². The first-order valence-electron chi connectivity index (χ1n) is 8.89. The van der Waals surface area contributed by atoms with Crippen molar-refractivity contribution in [3.05, 3.63) is 40.4 Å². The minimum atomic E-state index is -0.374. The Balaban J connectivity index is 1.38. The highest BCUT2D eigenvalue weighted by Crippen LogP contribution is 2.35. The van der Waals surface area contributed by atoms with Crippen LogP contribution in [0.1, 0.15) is 28.5 Å². The van der Waals surface area contributed by atoms with Gasteiger partial charge in [-0.25, -0.2) is 4.98 Å². The molecule has 1 aromatic carbocycles. The summed E-state index contributed by atoms with van der Waals surface area (Å²) in [5, 5.41) is 3.91. The predicted octanol–water partition coefficient (Wildman–Crippen LogP) is 2.53. The molecule has 0 aliphatic carbocycles. The topological polar surface area (TPSA) is 65.5 Å². The second-order valence-corrected chi connectivity index (χ2v) is 8.02. The van der Waals surface area contributed by atoms with E-state index in [-0.39, 0.29) is 24.2 Å². The fourth-order valence-corrected chi connectivity index (χ4v) is 4.48. The zero-order valence-corrected chi connectivity index (χ0v) is 15.8. The highest BCUT2D eigenvalue weighted by Gasteiger charge is 2.34. The zero-order valence-electron chi connectivity index (χ0n) is 15.0. The summed E-state index contributed by atoms with van der Waals surface area (Å²) >= 11 is 1.71. The third kappa shape index (κ3) is 3.07. The summed E-state index contributed by atoms with van der Waals surface area (Å²) in [6.07, 6.45) is 0.234. The Bertz CT molecular complexity index is 835. The van der Waals surface area contributed by atoms with Gasteiger partial charge in [0.1, 0.15) is 0 Å². The number of anilines is 2. The molecule has 1 atom stereocenters. The van der Waals surface area contributed by atoms with Crippen LogP contribution in [-0.2, 0) is 9.59 Å². The largest absolute Gasteiger partial charge is 0.345 e. The number of para-hydroxylation sites is 1. The smallest absolute Gasteiger partial charge is 0.232 e. The van der Waals surface area contributed by atoms with Crippen LogP contribution in [0.2, 0.25) is 0 Å². The van der Waals surface area contributed by atoms with Gasteiger partial charge in [0.2, 0.25) is 11.8 Å². The van der Waals surface area contributed by atoms with Crippen LogP contribution in [0, 0.1) is 13.8 Å². The molecule has 7 heteroatoms. The number of carbonyl (C=O) groups excluding carboxylic acids is 2. The number of carbonyl (C=O) groups is 2. The van der Waals surface area contributed by atoms with Gasteiger partial charge in [0.15, 0.2) is 5.13 Å². The SMILES string of the molecule is Cc1nc(N2CCN(C(=O)CC3C(=O)Nc4ccccc43)CC2)sc1C. The molecule has 0 radical (unpaired) electrons. The van der Waals surface area contributed by atoms with Crippen LogP contribution in [0.15, 0.2) is 24.3 Å². The van der Waals surface area contributed by atoms with Gasteiger partial charge in [-0.1, -0.05) is 18.2 Å². The normalized spacial score (nSPS) is 19.5. The predicted molar refractivity (Wildman–Crippen MR) is 103 cm³/mol. The number of thiazole rings is 1. The molecule has 0 saturated carbocycles. The standard InChI is InChI=1S/C19H22N4O2S/c1-12-13(2)26-19(20-12)23-9-7-22(8-10-23)17(24)11-15-14-5-3-4-6-16(14)21-18(15)25/h3-6,15H,7-11H2,1-2H3,(H,21,25). The van der Waals surface area contributed by atoms with E-state index in [1.807, 2.05) is 36.1 Å². The van der Waals surface area contributed by atoms with Gasteiger partial charge < -0.3 is 15.1 Å². The number of benzene rings is 1. The molecule has 136 valence electrons. The quantitative estimate of drug-likeness (QED) is 0.902. The van der Waals surface area contributed by atoms with Gasteiger partial charge >= 0.3 is 0 Å². The fraction of sp³-hybridized carbons (Fsp3) is 0.421. The summed E-state index contributed by atoms with van der Waals surface area (Å²) in [7, 11) is 0. The minimum Gasteiger partial charge on any atom is -0.345 e. The van der Waals surface area contributed by atoms with E-state index in [9.17, 15) is 9.59 Å². The van der Waals surface area contributed by atoms with Gasteiger partial charge in [-0.15, -0.1) is 11.3 Å². The van der Waals surface area contributed by atoms with E-state index in [0.29, 0.717) is 13.1 Å². The van der Waals surface area contributed by atoms with Crippen molar-refractivity contribution in [3.63, 3.8) is 0 Å². The number of nitrogens with zero attached hydrogens (tertiary/aromatic N) is 3. The Kier molecular flexibility index (Phi) is 4.40. The second-order valence-electron chi connectivity index (χ2n) is 6.84. The van der Waals surface area contributed by atoms with Crippen molar-refractivity contribution in [2.24, 2.45) is 0 Å². The number of aryl methyl sites for hydroxylation is 2. The van der Waals surface area contributed by atoms with E-state index in [4.69, 9.17) is 0 Å². The van der Waals surface area contributed by atoms with E-state index in [1.54, 1.807) is 11.3 Å². The minimum absolute atomic E-state index is 0.0491. The number of aromatic nitrogens is 1. The lowest BCUT2D eigenvalue weighted by molar-refractivity contribution is -0.133. The lowest BCUT2D eigenvalue weighted by Crippen LogP contribution is -2.49. The van der Waals surface area contributed by atoms with Crippen molar-refractivity contribution in [3.8, 4) is 0 Å². The highest BCUT2D eigenvalue weighted by atomic mass is 32.1. The third-order valence-corrected chi connectivity index (χ3v) is 6.34. The molecule has 1 N–H and O–H groups in total. The molecule has 2 aliphatic heterocycles. The molecule has 6 nitrogen and oxygen atoms in total. The molecule has 1 fully saturated rings. The summed E-state index contributed by atoms with van der Waals surface area (Å²) in [5.41, 5.74) is 2.84. The summed E-state index contributed by atoms with van der Waals surface area (Å²) < 4.78 is 0. The Morgan fingerprint density at radius 3 is 2.65 bits per heavy atom. The summed E-state index contributed by atoms with van der Waals surface area (Å²) in [4.78, 5) is 34.9. The van der Waals surface area contributed by atoms with Crippen LogP contribution in [0.3, 0.4) is 0 Å². The monoisotopic (exact) mass is 370 g/mol. The molecule has 26 heavy (non-hydrogen) atoms. The number of nitrogens with one attached hydrogen (secondary N) is 1. The number of amides is 2. The van der Waals surface area contributed by atoms with Crippen LogP contribution in [0.4, 0.5) is 10.8 Å². The van der Waals surface area contributed by atoms with Crippen molar-refractivity contribution in [2.75, 3.05) is 36.4 Å². The first-order valence-corrected chi connectivity index (χ1v) is 9.71. The molecule has 1 unspecified atom stereocenters. The second kappa shape index (κ2) is 6.72. The van der Waals surface area contributed by atoms with Crippen LogP contribution >= 0.6 is 11.3 Å². The Morgan fingerprint density at radius 2 is 1.96 bits per heavy atom. The fourth-order valence-electron chi connectivity index (χ4n) is 3.52. The molecule has 1 saturated heterocycles. The molecule has 0 spiro atoms. The van der Waals surface area contributed by atoms with Crippen LogP contribution in [0.25, 0.3) is 0 Å². The summed E-state index contributed by atoms with van der Waals surface area (Å²) in [5.74, 6) is -0.402. The van der Waals surface area contributed by atoms with Gasteiger partial charge in [0.05, 0.1) is 11.6 Å². The Labute approximate surface area is 156 Å². The van der Waals surface area contributed by atoms with Crippen molar-refractivity contribution in [1.29, 1.82) is 0 Å². The molecule has 2 aromatic rings. The average Bonchev–Trinajstić information content (AvgIpc) is 3.14. The first kappa shape index (κ1) is 17.0.